The predicted molar refractivity (Wildman–Crippen MR) is 154 cm³/mol. The van der Waals surface area contributed by atoms with Gasteiger partial charge < -0.3 is 20.2 Å². The molecular formula is C26H32ClN9O4S. The van der Waals surface area contributed by atoms with Crippen molar-refractivity contribution in [2.45, 2.75) is 31.2 Å². The lowest BCUT2D eigenvalue weighted by Gasteiger charge is -2.28. The topological polar surface area (TPSA) is 172 Å². The van der Waals surface area contributed by atoms with Gasteiger partial charge in [0.25, 0.3) is 10.2 Å². The number of amides is 1. The number of hydrogen-bond acceptors (Lipinski definition) is 9. The number of nitrogens with two attached hydrogens (primary N) is 1. The quantitative estimate of drug-likeness (QED) is 0.194. The standard InChI is InChI=1S/C26H32ClN9O4S/c27-20-7-8-23(36-17-29-32-33-36)19(13-20)6-9-25(37)35-15-18(14-34-11-10-22(16-34)31-41(28,39)40)12-24(35)26(38)30-21-4-2-1-3-5-21/h1-9,13,17-18,22,24,26,30-31,38H,10-12,14-16H2,(H2,28,39,40). The van der Waals surface area contributed by atoms with Gasteiger partial charge in [-0.3, -0.25) is 4.79 Å². The summed E-state index contributed by atoms with van der Waals surface area (Å²) < 4.78 is 26.8. The van der Waals surface area contributed by atoms with Gasteiger partial charge in [-0.25, -0.2) is 5.14 Å². The number of hydrogen-bond donors (Lipinski definition) is 4. The Balaban J connectivity index is 1.32. The average Bonchev–Trinajstić information content (AvgIpc) is 3.69. The molecule has 2 aliphatic heterocycles. The van der Waals surface area contributed by atoms with Crippen molar-refractivity contribution in [3.05, 3.63) is 71.5 Å². The number of benzene rings is 2. The first-order valence-electron chi connectivity index (χ1n) is 13.2. The molecular weight excluding hydrogens is 570 g/mol. The Morgan fingerprint density at radius 3 is 2.76 bits per heavy atom. The molecule has 15 heteroatoms. The van der Waals surface area contributed by atoms with Gasteiger partial charge >= 0.3 is 0 Å². The molecule has 41 heavy (non-hydrogen) atoms. The molecule has 4 atom stereocenters. The number of aliphatic hydroxyl groups is 1. The third kappa shape index (κ3) is 7.67. The first kappa shape index (κ1) is 29.1. The molecule has 0 saturated carbocycles. The number of nitrogens with one attached hydrogen (secondary N) is 2. The predicted octanol–water partition coefficient (Wildman–Crippen LogP) is 0.844. The third-order valence-corrected chi connectivity index (χ3v) is 8.17. The fraction of sp³-hybridized carbons (Fsp3) is 0.385. The van der Waals surface area contributed by atoms with Gasteiger partial charge in [-0.2, -0.15) is 17.8 Å². The number of halogens is 1. The van der Waals surface area contributed by atoms with Crippen LogP contribution in [-0.2, 0) is 15.0 Å². The largest absolute Gasteiger partial charge is 0.372 e. The van der Waals surface area contributed by atoms with Gasteiger partial charge in [-0.15, -0.1) is 5.10 Å². The lowest BCUT2D eigenvalue weighted by atomic mass is 10.0. The Labute approximate surface area is 243 Å². The van der Waals surface area contributed by atoms with E-state index < -0.39 is 22.5 Å². The Bertz CT molecular complexity index is 1470. The molecule has 0 aliphatic carbocycles. The van der Waals surface area contributed by atoms with E-state index in [4.69, 9.17) is 16.7 Å². The monoisotopic (exact) mass is 601 g/mol. The van der Waals surface area contributed by atoms with E-state index >= 15 is 0 Å². The van der Waals surface area contributed by atoms with Crippen LogP contribution in [-0.4, -0.2) is 93.9 Å². The van der Waals surface area contributed by atoms with Crippen molar-refractivity contribution in [2.24, 2.45) is 11.1 Å². The Morgan fingerprint density at radius 2 is 2.02 bits per heavy atom. The third-order valence-electron chi connectivity index (χ3n) is 7.28. The molecule has 3 heterocycles. The summed E-state index contributed by atoms with van der Waals surface area (Å²) in [6.45, 7) is 2.33. The smallest absolute Gasteiger partial charge is 0.274 e. The van der Waals surface area contributed by atoms with E-state index in [0.29, 0.717) is 55.3 Å². The maximum Gasteiger partial charge on any atom is 0.274 e. The molecule has 5 N–H and O–H groups in total. The van der Waals surface area contributed by atoms with E-state index in [2.05, 4.69) is 30.5 Å². The Kier molecular flexibility index (Phi) is 8.97. The molecule has 2 fully saturated rings. The van der Waals surface area contributed by atoms with Gasteiger partial charge in [0.05, 0.1) is 11.7 Å². The van der Waals surface area contributed by atoms with Crippen molar-refractivity contribution in [1.82, 2.24) is 34.7 Å². The molecule has 2 saturated heterocycles. The highest BCUT2D eigenvalue weighted by Crippen LogP contribution is 2.29. The summed E-state index contributed by atoms with van der Waals surface area (Å²) in [5.41, 5.74) is 2.05. The number of carbonyl (C=O) groups is 1. The van der Waals surface area contributed by atoms with Crippen molar-refractivity contribution < 1.29 is 18.3 Å². The SMILES string of the molecule is NS(=O)(=O)NC1CCN(CC2CC(C(O)Nc3ccccc3)N(C(=O)C=Cc3cc(Cl)ccc3-n3cnnn3)C2)C1. The van der Waals surface area contributed by atoms with E-state index in [9.17, 15) is 18.3 Å². The molecule has 5 rings (SSSR count). The molecule has 13 nitrogen and oxygen atoms in total. The van der Waals surface area contributed by atoms with Crippen LogP contribution in [0.5, 0.6) is 0 Å². The number of para-hydroxylation sites is 1. The molecule has 0 bridgehead atoms. The van der Waals surface area contributed by atoms with Crippen LogP contribution < -0.4 is 15.2 Å². The minimum Gasteiger partial charge on any atom is -0.372 e. The highest BCUT2D eigenvalue weighted by molar-refractivity contribution is 7.87. The summed E-state index contributed by atoms with van der Waals surface area (Å²) in [6.07, 6.45) is 4.80. The van der Waals surface area contributed by atoms with Gasteiger partial charge in [-0.1, -0.05) is 29.8 Å². The first-order valence-corrected chi connectivity index (χ1v) is 15.1. The van der Waals surface area contributed by atoms with Crippen LogP contribution in [0, 0.1) is 5.92 Å². The summed E-state index contributed by atoms with van der Waals surface area (Å²) in [6, 6.07) is 13.8. The molecule has 4 unspecified atom stereocenters. The van der Waals surface area contributed by atoms with Gasteiger partial charge in [0, 0.05) is 48.0 Å². The van der Waals surface area contributed by atoms with Crippen LogP contribution in [0.2, 0.25) is 5.02 Å². The fourth-order valence-electron chi connectivity index (χ4n) is 5.53. The lowest BCUT2D eigenvalue weighted by Crippen LogP contribution is -2.45. The molecule has 0 radical (unpaired) electrons. The van der Waals surface area contributed by atoms with Crippen molar-refractivity contribution in [1.29, 1.82) is 0 Å². The van der Waals surface area contributed by atoms with E-state index in [-0.39, 0.29) is 17.9 Å². The van der Waals surface area contributed by atoms with Gasteiger partial charge in [0.1, 0.15) is 12.6 Å². The minimum atomic E-state index is -3.78. The van der Waals surface area contributed by atoms with Crippen LogP contribution in [0.3, 0.4) is 0 Å². The van der Waals surface area contributed by atoms with E-state index in [1.165, 1.54) is 17.1 Å². The summed E-state index contributed by atoms with van der Waals surface area (Å²) >= 11 is 6.23. The lowest BCUT2D eigenvalue weighted by molar-refractivity contribution is -0.128. The highest BCUT2D eigenvalue weighted by atomic mass is 35.5. The van der Waals surface area contributed by atoms with Crippen LogP contribution in [0.1, 0.15) is 18.4 Å². The van der Waals surface area contributed by atoms with Gasteiger partial charge in [0.2, 0.25) is 5.91 Å². The van der Waals surface area contributed by atoms with Gasteiger partial charge in [0.15, 0.2) is 0 Å². The van der Waals surface area contributed by atoms with E-state index in [1.54, 1.807) is 29.2 Å². The number of anilines is 1. The molecule has 1 amide bonds. The van der Waals surface area contributed by atoms with E-state index in [0.717, 1.165) is 5.69 Å². The fourth-order valence-corrected chi connectivity index (χ4v) is 6.37. The van der Waals surface area contributed by atoms with Crippen LogP contribution in [0.15, 0.2) is 60.9 Å². The molecule has 2 aliphatic rings. The number of carbonyl (C=O) groups excluding carboxylic acids is 1. The summed E-state index contributed by atoms with van der Waals surface area (Å²) in [5, 5.41) is 31.2. The molecule has 0 spiro atoms. The number of tetrazole rings is 1. The molecule has 1 aromatic heterocycles. The maximum absolute atomic E-state index is 13.6. The van der Waals surface area contributed by atoms with Crippen molar-refractivity contribution in [3.8, 4) is 5.69 Å². The average molecular weight is 602 g/mol. The van der Waals surface area contributed by atoms with E-state index in [1.807, 2.05) is 30.3 Å². The molecule has 2 aromatic carbocycles. The molecule has 218 valence electrons. The second kappa shape index (κ2) is 12.6. The zero-order valence-corrected chi connectivity index (χ0v) is 23.7. The van der Waals surface area contributed by atoms with Crippen LogP contribution >= 0.6 is 11.6 Å². The normalized spacial score (nSPS) is 22.4. The van der Waals surface area contributed by atoms with Crippen LogP contribution in [0.25, 0.3) is 11.8 Å². The number of likely N-dealkylation sites (tertiary alicyclic amines) is 2. The van der Waals surface area contributed by atoms with Crippen molar-refractivity contribution in [3.63, 3.8) is 0 Å². The van der Waals surface area contributed by atoms with Crippen molar-refractivity contribution in [2.75, 3.05) is 31.5 Å². The highest BCUT2D eigenvalue weighted by Gasteiger charge is 2.40. The number of aliphatic hydroxyl groups excluding tert-OH is 1. The zero-order valence-electron chi connectivity index (χ0n) is 22.1. The molecule has 3 aromatic rings. The zero-order chi connectivity index (χ0) is 29.0. The minimum absolute atomic E-state index is 0.0701. The Morgan fingerprint density at radius 1 is 1.22 bits per heavy atom. The Hall–Kier alpha value is -3.40. The van der Waals surface area contributed by atoms with Gasteiger partial charge in [-0.05, 0) is 72.1 Å². The number of aromatic nitrogens is 4. The number of nitrogens with zero attached hydrogens (tertiary/aromatic N) is 6. The van der Waals surface area contributed by atoms with Crippen molar-refractivity contribution >= 4 is 39.5 Å². The second-order valence-electron chi connectivity index (χ2n) is 10.3. The summed E-state index contributed by atoms with van der Waals surface area (Å²) in [4.78, 5) is 17.4. The second-order valence-corrected chi connectivity index (χ2v) is 12.1. The van der Waals surface area contributed by atoms with Crippen LogP contribution in [0.4, 0.5) is 5.69 Å². The summed E-state index contributed by atoms with van der Waals surface area (Å²) in [5.74, 6) is -0.190. The number of rotatable bonds is 10. The first-order chi connectivity index (χ1) is 19.6. The summed E-state index contributed by atoms with van der Waals surface area (Å²) in [7, 11) is -3.78. The maximum atomic E-state index is 13.6.